The molecule has 136 valence electrons. The van der Waals surface area contributed by atoms with Crippen LogP contribution in [0, 0.1) is 11.8 Å². The standard InChI is InChI=1S/C22H26N2O2/c1-25-21-11-5-6-12-22(21)26-18-8-7-13-23-14-16-24(17-15-23)19-20-9-3-2-4-10-20/h2-6,9-12H,13-19H2,1H3/p+2. The van der Waals surface area contributed by atoms with E-state index >= 15 is 0 Å². The Bertz CT molecular complexity index is 729. The van der Waals surface area contributed by atoms with E-state index in [0.717, 1.165) is 24.6 Å². The zero-order chi connectivity index (χ0) is 18.0. The molecule has 0 aromatic heterocycles. The molecule has 2 N–H and O–H groups in total. The zero-order valence-corrected chi connectivity index (χ0v) is 15.5. The van der Waals surface area contributed by atoms with Crippen molar-refractivity contribution in [1.29, 1.82) is 0 Å². The van der Waals surface area contributed by atoms with Crippen LogP contribution in [0.5, 0.6) is 11.5 Å². The zero-order valence-electron chi connectivity index (χ0n) is 15.5. The fraction of sp³-hybridized carbons (Fsp3) is 0.364. The lowest BCUT2D eigenvalue weighted by molar-refractivity contribution is -1.02. The quantitative estimate of drug-likeness (QED) is 0.720. The minimum absolute atomic E-state index is 0.402. The van der Waals surface area contributed by atoms with Crippen molar-refractivity contribution < 1.29 is 19.3 Å². The van der Waals surface area contributed by atoms with Gasteiger partial charge in [-0.05, 0) is 18.1 Å². The Morgan fingerprint density at radius 1 is 0.808 bits per heavy atom. The van der Waals surface area contributed by atoms with E-state index in [9.17, 15) is 0 Å². The fourth-order valence-corrected chi connectivity index (χ4v) is 3.29. The summed E-state index contributed by atoms with van der Waals surface area (Å²) >= 11 is 0. The van der Waals surface area contributed by atoms with Crippen molar-refractivity contribution in [1.82, 2.24) is 0 Å². The summed E-state index contributed by atoms with van der Waals surface area (Å²) in [6.45, 7) is 7.22. The van der Waals surface area contributed by atoms with E-state index < -0.39 is 0 Å². The monoisotopic (exact) mass is 352 g/mol. The first-order valence-electron chi connectivity index (χ1n) is 9.28. The highest BCUT2D eigenvalue weighted by Gasteiger charge is 2.21. The minimum Gasteiger partial charge on any atom is -0.493 e. The second-order valence-corrected chi connectivity index (χ2v) is 6.63. The van der Waals surface area contributed by atoms with Crippen LogP contribution in [0.15, 0.2) is 54.6 Å². The molecule has 1 heterocycles. The first-order valence-corrected chi connectivity index (χ1v) is 9.28. The van der Waals surface area contributed by atoms with Gasteiger partial charge in [0.25, 0.3) is 0 Å². The molecule has 1 aliphatic heterocycles. The van der Waals surface area contributed by atoms with E-state index in [4.69, 9.17) is 9.47 Å². The van der Waals surface area contributed by atoms with Crippen LogP contribution >= 0.6 is 0 Å². The van der Waals surface area contributed by atoms with E-state index in [-0.39, 0.29) is 0 Å². The Morgan fingerprint density at radius 3 is 2.19 bits per heavy atom. The molecule has 1 aliphatic rings. The van der Waals surface area contributed by atoms with Crippen molar-refractivity contribution in [2.24, 2.45) is 0 Å². The van der Waals surface area contributed by atoms with Crippen molar-refractivity contribution in [3.05, 3.63) is 60.2 Å². The number of rotatable bonds is 6. The molecule has 1 saturated heterocycles. The molecule has 3 rings (SSSR count). The van der Waals surface area contributed by atoms with Crippen LogP contribution < -0.4 is 19.3 Å². The van der Waals surface area contributed by atoms with Crippen molar-refractivity contribution in [3.63, 3.8) is 0 Å². The molecule has 2 aromatic carbocycles. The van der Waals surface area contributed by atoms with Gasteiger partial charge in [-0.25, -0.2) is 0 Å². The molecule has 4 heteroatoms. The van der Waals surface area contributed by atoms with Gasteiger partial charge in [-0.1, -0.05) is 48.4 Å². The molecule has 2 aromatic rings. The van der Waals surface area contributed by atoms with E-state index in [1.165, 1.54) is 31.7 Å². The number of hydrogen-bond donors (Lipinski definition) is 2. The Kier molecular flexibility index (Phi) is 6.95. The van der Waals surface area contributed by atoms with Gasteiger partial charge in [-0.15, -0.1) is 0 Å². The summed E-state index contributed by atoms with van der Waals surface area (Å²) in [5.41, 5.74) is 1.43. The molecule has 0 spiro atoms. The van der Waals surface area contributed by atoms with Crippen molar-refractivity contribution in [2.75, 3.05) is 46.4 Å². The van der Waals surface area contributed by atoms with Crippen LogP contribution in [0.1, 0.15) is 5.56 Å². The Morgan fingerprint density at radius 2 is 1.46 bits per heavy atom. The maximum Gasteiger partial charge on any atom is 0.162 e. The number of benzene rings is 2. The summed E-state index contributed by atoms with van der Waals surface area (Å²) in [7, 11) is 1.65. The third-order valence-corrected chi connectivity index (χ3v) is 4.79. The third kappa shape index (κ3) is 5.52. The molecule has 0 bridgehead atoms. The molecule has 0 aliphatic carbocycles. The smallest absolute Gasteiger partial charge is 0.162 e. The molecule has 26 heavy (non-hydrogen) atoms. The Hall–Kier alpha value is -2.48. The third-order valence-electron chi connectivity index (χ3n) is 4.79. The summed E-state index contributed by atoms with van der Waals surface area (Å²) in [6.07, 6.45) is 0. The number of methoxy groups -OCH3 is 1. The second-order valence-electron chi connectivity index (χ2n) is 6.63. The molecule has 0 atom stereocenters. The van der Waals surface area contributed by atoms with Crippen molar-refractivity contribution in [3.8, 4) is 23.3 Å². The molecule has 0 unspecified atom stereocenters. The topological polar surface area (TPSA) is 27.3 Å². The lowest BCUT2D eigenvalue weighted by Crippen LogP contribution is -3.27. The average Bonchev–Trinajstić information content (AvgIpc) is 2.70. The van der Waals surface area contributed by atoms with Gasteiger partial charge in [0.05, 0.1) is 7.11 Å². The van der Waals surface area contributed by atoms with Gasteiger partial charge in [-0.3, -0.25) is 0 Å². The minimum atomic E-state index is 0.402. The molecule has 4 nitrogen and oxygen atoms in total. The first kappa shape index (κ1) is 18.3. The van der Waals surface area contributed by atoms with Gasteiger partial charge in [0.1, 0.15) is 45.9 Å². The number of para-hydroxylation sites is 2. The van der Waals surface area contributed by atoms with E-state index in [0.29, 0.717) is 6.61 Å². The molecular formula is C22H28N2O2+2. The van der Waals surface area contributed by atoms with E-state index in [1.807, 2.05) is 24.3 Å². The van der Waals surface area contributed by atoms with Gasteiger partial charge in [0.15, 0.2) is 11.5 Å². The molecule has 0 amide bonds. The van der Waals surface area contributed by atoms with Crippen molar-refractivity contribution >= 4 is 0 Å². The summed E-state index contributed by atoms with van der Waals surface area (Å²) in [6, 6.07) is 18.4. The number of hydrogen-bond acceptors (Lipinski definition) is 2. The van der Waals surface area contributed by atoms with Gasteiger partial charge in [0.2, 0.25) is 0 Å². The summed E-state index contributed by atoms with van der Waals surface area (Å²) in [5, 5.41) is 0. The number of ether oxygens (including phenoxy) is 2. The highest BCUT2D eigenvalue weighted by atomic mass is 16.5. The van der Waals surface area contributed by atoms with Crippen LogP contribution in [0.2, 0.25) is 0 Å². The van der Waals surface area contributed by atoms with Gasteiger partial charge < -0.3 is 19.3 Å². The predicted octanol–water partition coefficient (Wildman–Crippen LogP) is 0.0610. The highest BCUT2D eigenvalue weighted by molar-refractivity contribution is 5.39. The maximum absolute atomic E-state index is 5.69. The largest absolute Gasteiger partial charge is 0.493 e. The fourth-order valence-electron chi connectivity index (χ4n) is 3.29. The van der Waals surface area contributed by atoms with Crippen LogP contribution in [0.25, 0.3) is 0 Å². The van der Waals surface area contributed by atoms with Crippen molar-refractivity contribution in [2.45, 2.75) is 6.54 Å². The molecule has 1 fully saturated rings. The van der Waals surface area contributed by atoms with Gasteiger partial charge in [0, 0.05) is 5.56 Å². The first-order chi connectivity index (χ1) is 12.8. The number of quaternary nitrogens is 2. The van der Waals surface area contributed by atoms with Crippen LogP contribution in [0.3, 0.4) is 0 Å². The van der Waals surface area contributed by atoms with Crippen LogP contribution in [0.4, 0.5) is 0 Å². The SMILES string of the molecule is COc1ccccc1OCC#CC[NH+]1CC[NH+](Cc2ccccc2)CC1. The normalized spacial score (nSPS) is 19.3. The highest BCUT2D eigenvalue weighted by Crippen LogP contribution is 2.25. The molecule has 0 radical (unpaired) electrons. The summed E-state index contributed by atoms with van der Waals surface area (Å²) in [5.74, 6) is 7.89. The maximum atomic E-state index is 5.69. The number of nitrogens with one attached hydrogen (secondary N) is 2. The average molecular weight is 352 g/mol. The van der Waals surface area contributed by atoms with E-state index in [2.05, 4.69) is 42.2 Å². The molecule has 0 saturated carbocycles. The summed E-state index contributed by atoms with van der Waals surface area (Å²) < 4.78 is 11.0. The number of piperazine rings is 1. The Balaban J connectivity index is 1.36. The lowest BCUT2D eigenvalue weighted by Gasteiger charge is -2.28. The van der Waals surface area contributed by atoms with Gasteiger partial charge in [-0.2, -0.15) is 0 Å². The predicted molar refractivity (Wildman–Crippen MR) is 103 cm³/mol. The van der Waals surface area contributed by atoms with Gasteiger partial charge >= 0.3 is 0 Å². The van der Waals surface area contributed by atoms with E-state index in [1.54, 1.807) is 16.9 Å². The lowest BCUT2D eigenvalue weighted by atomic mass is 10.2. The molecular weight excluding hydrogens is 324 g/mol. The summed E-state index contributed by atoms with van der Waals surface area (Å²) in [4.78, 5) is 3.25. The van der Waals surface area contributed by atoms with Crippen LogP contribution in [-0.4, -0.2) is 46.4 Å². The van der Waals surface area contributed by atoms with Crippen LogP contribution in [-0.2, 0) is 6.54 Å². The Labute approximate surface area is 156 Å². The second kappa shape index (κ2) is 9.86.